The summed E-state index contributed by atoms with van der Waals surface area (Å²) in [6.07, 6.45) is 0.220. The number of aliphatic hydroxyl groups is 1. The van der Waals surface area contributed by atoms with E-state index in [1.807, 2.05) is 4.90 Å². The molecule has 0 bridgehead atoms. The van der Waals surface area contributed by atoms with E-state index in [1.165, 1.54) is 6.07 Å². The highest BCUT2D eigenvalue weighted by Gasteiger charge is 2.19. The monoisotopic (exact) mass is 239 g/mol. The second kappa shape index (κ2) is 5.47. The largest absolute Gasteiger partial charge is 0.389 e. The number of para-hydroxylation sites is 1. The molecule has 1 N–H and O–H groups in total. The minimum atomic E-state index is -0.662. The number of nitrogens with zero attached hydrogens (tertiary/aromatic N) is 1. The van der Waals surface area contributed by atoms with Crippen LogP contribution >= 0.6 is 0 Å². The predicted octanol–water partition coefficient (Wildman–Crippen LogP) is 2.11. The van der Waals surface area contributed by atoms with E-state index in [1.54, 1.807) is 19.1 Å². The van der Waals surface area contributed by atoms with Crippen molar-refractivity contribution in [2.24, 2.45) is 0 Å². The van der Waals surface area contributed by atoms with Crippen LogP contribution in [0.4, 0.5) is 10.1 Å². The number of hydrogen-bond acceptors (Lipinski definition) is 3. The van der Waals surface area contributed by atoms with Gasteiger partial charge in [0.2, 0.25) is 0 Å². The molecule has 1 aromatic carbocycles. The molecule has 17 heavy (non-hydrogen) atoms. The van der Waals surface area contributed by atoms with E-state index >= 15 is 0 Å². The zero-order chi connectivity index (χ0) is 12.3. The molecule has 1 atom stereocenters. The fourth-order valence-electron chi connectivity index (χ4n) is 2.17. The molecule has 0 saturated carbocycles. The Morgan fingerprint density at radius 3 is 2.94 bits per heavy atom. The maximum absolute atomic E-state index is 13.9. The van der Waals surface area contributed by atoms with Crippen LogP contribution < -0.4 is 4.90 Å². The lowest BCUT2D eigenvalue weighted by Gasteiger charge is -2.26. The van der Waals surface area contributed by atoms with Crippen LogP contribution in [0.1, 0.15) is 25.0 Å². The lowest BCUT2D eigenvalue weighted by molar-refractivity contribution is 0.152. The van der Waals surface area contributed by atoms with Crippen molar-refractivity contribution in [3.05, 3.63) is 29.6 Å². The van der Waals surface area contributed by atoms with Crippen molar-refractivity contribution in [3.63, 3.8) is 0 Å². The number of benzene rings is 1. The van der Waals surface area contributed by atoms with Crippen LogP contribution in [0.25, 0.3) is 0 Å². The van der Waals surface area contributed by atoms with Crippen molar-refractivity contribution in [3.8, 4) is 0 Å². The summed E-state index contributed by atoms with van der Waals surface area (Å²) in [6, 6.07) is 4.84. The van der Waals surface area contributed by atoms with Crippen LogP contribution in [0, 0.1) is 5.82 Å². The van der Waals surface area contributed by atoms with Crippen molar-refractivity contribution in [2.75, 3.05) is 31.2 Å². The zero-order valence-corrected chi connectivity index (χ0v) is 10.0. The predicted molar refractivity (Wildman–Crippen MR) is 64.7 cm³/mol. The number of halogens is 1. The van der Waals surface area contributed by atoms with E-state index in [-0.39, 0.29) is 5.82 Å². The van der Waals surface area contributed by atoms with E-state index in [9.17, 15) is 9.50 Å². The van der Waals surface area contributed by atoms with E-state index in [2.05, 4.69) is 0 Å². The highest BCUT2D eigenvalue weighted by molar-refractivity contribution is 5.55. The molecule has 1 aromatic rings. The minimum Gasteiger partial charge on any atom is -0.389 e. The molecule has 4 heteroatoms. The maximum Gasteiger partial charge on any atom is 0.146 e. The van der Waals surface area contributed by atoms with Gasteiger partial charge in [0.05, 0.1) is 18.4 Å². The van der Waals surface area contributed by atoms with Crippen LogP contribution in [0.15, 0.2) is 18.2 Å². The molecule has 1 aliphatic rings. The molecule has 0 aromatic heterocycles. The number of ether oxygens (including phenoxy) is 1. The lowest BCUT2D eigenvalue weighted by Crippen LogP contribution is -2.28. The smallest absolute Gasteiger partial charge is 0.146 e. The van der Waals surface area contributed by atoms with Gasteiger partial charge in [-0.05, 0) is 19.4 Å². The number of anilines is 1. The van der Waals surface area contributed by atoms with Crippen LogP contribution in [-0.4, -0.2) is 31.4 Å². The molecule has 1 fully saturated rings. The summed E-state index contributed by atoms with van der Waals surface area (Å²) in [5.41, 5.74) is 1.17. The van der Waals surface area contributed by atoms with Gasteiger partial charge in [-0.1, -0.05) is 12.1 Å². The standard InChI is InChI=1S/C13H18FNO2/c1-10(16)11-4-2-5-12(14)13(11)15-6-3-8-17-9-7-15/h2,4-5,10,16H,3,6-9H2,1H3. The van der Waals surface area contributed by atoms with Gasteiger partial charge in [0.25, 0.3) is 0 Å². The molecule has 0 aliphatic carbocycles. The second-order valence-electron chi connectivity index (χ2n) is 4.31. The second-order valence-corrected chi connectivity index (χ2v) is 4.31. The molecule has 0 spiro atoms. The molecule has 94 valence electrons. The third kappa shape index (κ3) is 2.76. The Balaban J connectivity index is 2.34. The lowest BCUT2D eigenvalue weighted by atomic mass is 10.1. The van der Waals surface area contributed by atoms with Gasteiger partial charge in [0.15, 0.2) is 0 Å². The van der Waals surface area contributed by atoms with Crippen molar-refractivity contribution >= 4 is 5.69 Å². The first-order valence-electron chi connectivity index (χ1n) is 5.99. The SMILES string of the molecule is CC(O)c1cccc(F)c1N1CCCOCC1. The normalized spacial score (nSPS) is 18.9. The van der Waals surface area contributed by atoms with E-state index in [0.29, 0.717) is 24.4 Å². The van der Waals surface area contributed by atoms with Gasteiger partial charge in [-0.15, -0.1) is 0 Å². The Kier molecular flexibility index (Phi) is 3.97. The summed E-state index contributed by atoms with van der Waals surface area (Å²) >= 11 is 0. The molecule has 0 radical (unpaired) electrons. The van der Waals surface area contributed by atoms with Gasteiger partial charge in [0.1, 0.15) is 5.82 Å². The first kappa shape index (κ1) is 12.3. The average Bonchev–Trinajstić information content (AvgIpc) is 2.57. The Hall–Kier alpha value is -1.13. The number of rotatable bonds is 2. The molecular formula is C13H18FNO2. The van der Waals surface area contributed by atoms with Crippen LogP contribution in [0.2, 0.25) is 0 Å². The summed E-state index contributed by atoms with van der Waals surface area (Å²) in [5.74, 6) is -0.273. The van der Waals surface area contributed by atoms with Crippen LogP contribution in [0.5, 0.6) is 0 Å². The fourth-order valence-corrected chi connectivity index (χ4v) is 2.17. The molecule has 1 aliphatic heterocycles. The maximum atomic E-state index is 13.9. The molecule has 1 heterocycles. The van der Waals surface area contributed by atoms with Crippen molar-refractivity contribution in [2.45, 2.75) is 19.4 Å². The Labute approximate surface area is 101 Å². The van der Waals surface area contributed by atoms with Crippen LogP contribution in [0.3, 0.4) is 0 Å². The Bertz CT molecular complexity index is 374. The topological polar surface area (TPSA) is 32.7 Å². The van der Waals surface area contributed by atoms with Crippen molar-refractivity contribution < 1.29 is 14.2 Å². The average molecular weight is 239 g/mol. The summed E-state index contributed by atoms with van der Waals surface area (Å²) < 4.78 is 19.3. The van der Waals surface area contributed by atoms with Crippen molar-refractivity contribution in [1.82, 2.24) is 0 Å². The Morgan fingerprint density at radius 2 is 2.18 bits per heavy atom. The van der Waals surface area contributed by atoms with Gasteiger partial charge in [-0.2, -0.15) is 0 Å². The summed E-state index contributed by atoms with van der Waals surface area (Å²) in [6.45, 7) is 4.41. The van der Waals surface area contributed by atoms with E-state index in [4.69, 9.17) is 4.74 Å². The molecule has 1 saturated heterocycles. The Morgan fingerprint density at radius 1 is 1.35 bits per heavy atom. The quantitative estimate of drug-likeness (QED) is 0.858. The fraction of sp³-hybridized carbons (Fsp3) is 0.538. The van der Waals surface area contributed by atoms with Gasteiger partial charge in [-0.3, -0.25) is 0 Å². The van der Waals surface area contributed by atoms with E-state index < -0.39 is 6.10 Å². The third-order valence-electron chi connectivity index (χ3n) is 3.01. The third-order valence-corrected chi connectivity index (χ3v) is 3.01. The van der Waals surface area contributed by atoms with Crippen molar-refractivity contribution in [1.29, 1.82) is 0 Å². The highest BCUT2D eigenvalue weighted by Crippen LogP contribution is 2.29. The highest BCUT2D eigenvalue weighted by atomic mass is 19.1. The number of hydrogen-bond donors (Lipinski definition) is 1. The number of aliphatic hydroxyl groups excluding tert-OH is 1. The van der Waals surface area contributed by atoms with Gasteiger partial charge in [0, 0.05) is 25.3 Å². The van der Waals surface area contributed by atoms with Crippen LogP contribution in [-0.2, 0) is 4.74 Å². The molecule has 2 rings (SSSR count). The zero-order valence-electron chi connectivity index (χ0n) is 10.0. The van der Waals surface area contributed by atoms with Gasteiger partial charge < -0.3 is 14.7 Å². The van der Waals surface area contributed by atoms with Gasteiger partial charge >= 0.3 is 0 Å². The molecular weight excluding hydrogens is 221 g/mol. The van der Waals surface area contributed by atoms with E-state index in [0.717, 1.165) is 19.6 Å². The summed E-state index contributed by atoms with van der Waals surface area (Å²) in [5, 5.41) is 9.71. The first-order chi connectivity index (χ1) is 8.20. The minimum absolute atomic E-state index is 0.273. The summed E-state index contributed by atoms with van der Waals surface area (Å²) in [7, 11) is 0. The summed E-state index contributed by atoms with van der Waals surface area (Å²) in [4.78, 5) is 1.96. The first-order valence-corrected chi connectivity index (χ1v) is 5.99. The molecule has 0 amide bonds. The molecule has 1 unspecified atom stereocenters. The molecule has 3 nitrogen and oxygen atoms in total. The van der Waals surface area contributed by atoms with Gasteiger partial charge in [-0.25, -0.2) is 4.39 Å².